The number of ether oxygens (including phenoxy) is 2. The smallest absolute Gasteiger partial charge is 0.306 e. The summed E-state index contributed by atoms with van der Waals surface area (Å²) >= 11 is 0. The molecular formula is C78H148NO8P. The van der Waals surface area contributed by atoms with Gasteiger partial charge in [0.2, 0.25) is 0 Å². The second-order valence-electron chi connectivity index (χ2n) is 27.4. The third-order valence-corrected chi connectivity index (χ3v) is 18.3. The zero-order valence-electron chi connectivity index (χ0n) is 59.2. The molecule has 2 unspecified atom stereocenters. The van der Waals surface area contributed by atoms with E-state index < -0.39 is 26.5 Å². The maximum Gasteiger partial charge on any atom is 0.306 e. The summed E-state index contributed by atoms with van der Waals surface area (Å²) in [5.74, 6) is -0.807. The van der Waals surface area contributed by atoms with E-state index in [2.05, 4.69) is 62.5 Å². The van der Waals surface area contributed by atoms with E-state index in [0.29, 0.717) is 17.4 Å². The molecule has 0 fully saturated rings. The van der Waals surface area contributed by atoms with Gasteiger partial charge in [-0.1, -0.05) is 371 Å². The highest BCUT2D eigenvalue weighted by Gasteiger charge is 2.22. The lowest BCUT2D eigenvalue weighted by Gasteiger charge is -2.28. The number of phosphoric ester groups is 1. The lowest BCUT2D eigenvalue weighted by Crippen LogP contribution is -2.37. The number of nitrogens with zero attached hydrogens (tertiary/aromatic N) is 1. The van der Waals surface area contributed by atoms with Crippen molar-refractivity contribution in [3.8, 4) is 0 Å². The lowest BCUT2D eigenvalue weighted by atomic mass is 10.0. The Morgan fingerprint density at radius 2 is 0.648 bits per heavy atom. The minimum atomic E-state index is -4.64. The van der Waals surface area contributed by atoms with Crippen molar-refractivity contribution in [3.63, 3.8) is 0 Å². The molecule has 10 heteroatoms. The molecule has 0 aromatic carbocycles. The van der Waals surface area contributed by atoms with E-state index in [9.17, 15) is 19.0 Å². The van der Waals surface area contributed by atoms with Crippen LogP contribution in [0, 0.1) is 0 Å². The SMILES string of the molecule is CC/C=C\C/C=C\C/C=C\C/C=C\CCCCCCCCCCCCCCCCCCCCCCCCCCC(=O)OC(COC(=O)CCCCCCCCCCCCCCCCCCCCCCCCCCCCC)COP(=O)([O-])OCC[N+](C)(C)C. The molecule has 0 aliphatic heterocycles. The molecular weight excluding hydrogens is 1110 g/mol. The van der Waals surface area contributed by atoms with Crippen LogP contribution in [0.2, 0.25) is 0 Å². The van der Waals surface area contributed by atoms with Gasteiger partial charge in [0.15, 0.2) is 6.10 Å². The molecule has 0 aliphatic rings. The first kappa shape index (κ1) is 86.0. The van der Waals surface area contributed by atoms with Crippen molar-refractivity contribution in [1.82, 2.24) is 0 Å². The zero-order valence-corrected chi connectivity index (χ0v) is 60.1. The number of carbonyl (C=O) groups excluding carboxylic acids is 2. The number of hydrogen-bond donors (Lipinski definition) is 0. The van der Waals surface area contributed by atoms with Crippen LogP contribution in [0.1, 0.15) is 386 Å². The highest BCUT2D eigenvalue weighted by molar-refractivity contribution is 7.45. The van der Waals surface area contributed by atoms with Gasteiger partial charge in [-0.15, -0.1) is 0 Å². The molecule has 0 aromatic heterocycles. The van der Waals surface area contributed by atoms with E-state index >= 15 is 0 Å². The Bertz CT molecular complexity index is 1620. The second-order valence-corrected chi connectivity index (χ2v) is 28.8. The van der Waals surface area contributed by atoms with Gasteiger partial charge in [-0.05, 0) is 51.4 Å². The number of esters is 2. The third-order valence-electron chi connectivity index (χ3n) is 17.4. The van der Waals surface area contributed by atoms with Gasteiger partial charge in [0.25, 0.3) is 7.82 Å². The molecule has 0 bridgehead atoms. The fraction of sp³-hybridized carbons (Fsp3) is 0.872. The van der Waals surface area contributed by atoms with E-state index in [4.69, 9.17) is 18.5 Å². The topological polar surface area (TPSA) is 111 Å². The van der Waals surface area contributed by atoms with E-state index in [-0.39, 0.29) is 32.0 Å². The number of allylic oxidation sites excluding steroid dienone is 8. The molecule has 2 atom stereocenters. The van der Waals surface area contributed by atoms with Gasteiger partial charge >= 0.3 is 11.9 Å². The zero-order chi connectivity index (χ0) is 64.1. The molecule has 518 valence electrons. The first-order chi connectivity index (χ1) is 43.0. The number of phosphoric acid groups is 1. The summed E-state index contributed by atoms with van der Waals surface area (Å²) in [6, 6.07) is 0. The van der Waals surface area contributed by atoms with Crippen LogP contribution in [-0.2, 0) is 32.7 Å². The molecule has 0 aromatic rings. The first-order valence-electron chi connectivity index (χ1n) is 38.3. The Kier molecular flexibility index (Phi) is 67.7. The Balaban J connectivity index is 3.92. The largest absolute Gasteiger partial charge is 0.756 e. The summed E-state index contributed by atoms with van der Waals surface area (Å²) in [7, 11) is 1.19. The molecule has 0 rings (SSSR count). The quantitative estimate of drug-likeness (QED) is 0.0195. The predicted octanol–water partition coefficient (Wildman–Crippen LogP) is 24.5. The summed E-state index contributed by atoms with van der Waals surface area (Å²) < 4.78 is 34.4. The molecule has 0 heterocycles. The highest BCUT2D eigenvalue weighted by Crippen LogP contribution is 2.38. The molecule has 88 heavy (non-hydrogen) atoms. The maximum atomic E-state index is 12.9. The fourth-order valence-electron chi connectivity index (χ4n) is 11.5. The van der Waals surface area contributed by atoms with Crippen molar-refractivity contribution in [2.75, 3.05) is 47.5 Å². The molecule has 0 aliphatic carbocycles. The maximum absolute atomic E-state index is 12.9. The van der Waals surface area contributed by atoms with Gasteiger partial charge in [-0.2, -0.15) is 0 Å². The minimum absolute atomic E-state index is 0.0272. The molecule has 0 saturated heterocycles. The summed E-state index contributed by atoms with van der Waals surface area (Å²) in [6.07, 6.45) is 90.9. The van der Waals surface area contributed by atoms with Crippen molar-refractivity contribution >= 4 is 19.8 Å². The van der Waals surface area contributed by atoms with Gasteiger partial charge < -0.3 is 27.9 Å². The summed E-state index contributed by atoms with van der Waals surface area (Å²) in [5, 5.41) is 0. The Labute approximate surface area is 547 Å². The number of hydrogen-bond acceptors (Lipinski definition) is 8. The fourth-order valence-corrected chi connectivity index (χ4v) is 12.3. The van der Waals surface area contributed by atoms with Gasteiger partial charge in [-0.25, -0.2) is 0 Å². The van der Waals surface area contributed by atoms with Crippen molar-refractivity contribution in [2.24, 2.45) is 0 Å². The Morgan fingerprint density at radius 1 is 0.364 bits per heavy atom. The van der Waals surface area contributed by atoms with Crippen molar-refractivity contribution in [2.45, 2.75) is 392 Å². The van der Waals surface area contributed by atoms with Crippen LogP contribution in [0.3, 0.4) is 0 Å². The van der Waals surface area contributed by atoms with Crippen LogP contribution in [-0.4, -0.2) is 70.0 Å². The van der Waals surface area contributed by atoms with Gasteiger partial charge in [0.1, 0.15) is 19.8 Å². The normalized spacial score (nSPS) is 13.3. The standard InChI is InChI=1S/C78H148NO8P/c1-6-8-10-12-14-16-18-20-22-24-26-28-30-32-34-35-36-37-38-39-40-41-42-43-45-47-49-51-53-55-57-59-61-63-65-67-69-71-78(81)87-76(75-86-88(82,83)85-73-72-79(3,4)5)74-84-77(80)70-68-66-64-62-60-58-56-54-52-50-48-46-44-33-31-29-27-25-23-21-19-17-15-13-11-9-7-2/h8,10,14,16,20,22,26,28,76H,6-7,9,11-13,15,17-19,21,23-25,27,29-75H2,1-5H3/b10-8-,16-14-,22-20-,28-26-. The Hall–Kier alpha value is -2.03. The van der Waals surface area contributed by atoms with E-state index in [0.717, 1.165) is 57.8 Å². The Morgan fingerprint density at radius 3 is 0.966 bits per heavy atom. The van der Waals surface area contributed by atoms with Crippen LogP contribution in [0.5, 0.6) is 0 Å². The van der Waals surface area contributed by atoms with Crippen LogP contribution in [0.15, 0.2) is 48.6 Å². The van der Waals surface area contributed by atoms with Gasteiger partial charge in [-0.3, -0.25) is 14.2 Å². The molecule has 0 amide bonds. The molecule has 9 nitrogen and oxygen atoms in total. The summed E-state index contributed by atoms with van der Waals surface area (Å²) in [4.78, 5) is 38.1. The minimum Gasteiger partial charge on any atom is -0.756 e. The predicted molar refractivity (Wildman–Crippen MR) is 379 cm³/mol. The number of carbonyl (C=O) groups is 2. The van der Waals surface area contributed by atoms with Crippen molar-refractivity contribution < 1.29 is 42.1 Å². The summed E-state index contributed by atoms with van der Waals surface area (Å²) in [6.45, 7) is 4.21. The lowest BCUT2D eigenvalue weighted by molar-refractivity contribution is -0.870. The average molecular weight is 1260 g/mol. The van der Waals surface area contributed by atoms with Gasteiger partial charge in [0, 0.05) is 12.8 Å². The number of quaternary nitrogens is 1. The average Bonchev–Trinajstić information content (AvgIpc) is 3.68. The van der Waals surface area contributed by atoms with Gasteiger partial charge in [0.05, 0.1) is 27.7 Å². The first-order valence-corrected chi connectivity index (χ1v) is 39.8. The van der Waals surface area contributed by atoms with Crippen LogP contribution in [0.4, 0.5) is 0 Å². The second kappa shape index (κ2) is 69.3. The third kappa shape index (κ3) is 73.0. The highest BCUT2D eigenvalue weighted by atomic mass is 31.2. The van der Waals surface area contributed by atoms with E-state index in [1.54, 1.807) is 0 Å². The van der Waals surface area contributed by atoms with E-state index in [1.165, 1.54) is 295 Å². The van der Waals surface area contributed by atoms with Crippen LogP contribution in [0.25, 0.3) is 0 Å². The van der Waals surface area contributed by atoms with Crippen molar-refractivity contribution in [3.05, 3.63) is 48.6 Å². The molecule has 0 spiro atoms. The molecule has 0 N–H and O–H groups in total. The van der Waals surface area contributed by atoms with E-state index in [1.807, 2.05) is 21.1 Å². The van der Waals surface area contributed by atoms with Crippen molar-refractivity contribution in [1.29, 1.82) is 0 Å². The van der Waals surface area contributed by atoms with Crippen LogP contribution < -0.4 is 4.89 Å². The molecule has 0 radical (unpaired) electrons. The van der Waals surface area contributed by atoms with Crippen LogP contribution >= 0.6 is 7.82 Å². The molecule has 0 saturated carbocycles. The number of rotatable bonds is 72. The number of unbranched alkanes of at least 4 members (excludes halogenated alkanes) is 50. The number of likely N-dealkylation sites (N-methyl/N-ethyl adjacent to an activating group) is 1. The monoisotopic (exact) mass is 1260 g/mol. The summed E-state index contributed by atoms with van der Waals surface area (Å²) in [5.41, 5.74) is 0.